The zero-order chi connectivity index (χ0) is 12.8. The van der Waals surface area contributed by atoms with Crippen molar-refractivity contribution >= 4 is 5.91 Å². The largest absolute Gasteiger partial charge is 0.352 e. The Hall–Kier alpha value is -2.23. The zero-order valence-corrected chi connectivity index (χ0v) is 9.77. The number of hydrogen-bond donors (Lipinski definition) is 1. The molecule has 1 aromatic heterocycles. The Morgan fingerprint density at radius 2 is 1.94 bits per heavy atom. The number of rotatable bonds is 4. The first-order valence-corrected chi connectivity index (χ1v) is 5.66. The highest BCUT2D eigenvalue weighted by molar-refractivity contribution is 5.78. The number of aromatic nitrogens is 1. The molecule has 2 aromatic rings. The van der Waals surface area contributed by atoms with Crippen LogP contribution in [0.3, 0.4) is 0 Å². The van der Waals surface area contributed by atoms with Gasteiger partial charge >= 0.3 is 0 Å². The zero-order valence-electron chi connectivity index (χ0n) is 9.77. The van der Waals surface area contributed by atoms with Gasteiger partial charge in [-0.1, -0.05) is 24.3 Å². The van der Waals surface area contributed by atoms with Crippen LogP contribution < -0.4 is 5.32 Å². The van der Waals surface area contributed by atoms with Crippen molar-refractivity contribution in [1.29, 1.82) is 0 Å². The highest BCUT2D eigenvalue weighted by Crippen LogP contribution is 2.05. The fourth-order valence-corrected chi connectivity index (χ4v) is 1.57. The molecule has 0 unspecified atom stereocenters. The minimum Gasteiger partial charge on any atom is -0.352 e. The van der Waals surface area contributed by atoms with Gasteiger partial charge in [0.2, 0.25) is 5.91 Å². The van der Waals surface area contributed by atoms with E-state index in [9.17, 15) is 9.18 Å². The van der Waals surface area contributed by atoms with E-state index < -0.39 is 0 Å². The molecule has 3 nitrogen and oxygen atoms in total. The third-order valence-electron chi connectivity index (χ3n) is 2.50. The van der Waals surface area contributed by atoms with E-state index in [0.29, 0.717) is 11.3 Å². The second kappa shape index (κ2) is 5.91. The molecule has 1 aromatic carbocycles. The highest BCUT2D eigenvalue weighted by Gasteiger charge is 2.05. The number of benzene rings is 1. The minimum absolute atomic E-state index is 0.169. The van der Waals surface area contributed by atoms with Crippen LogP contribution in [-0.2, 0) is 17.8 Å². The van der Waals surface area contributed by atoms with Crippen LogP contribution in [0.1, 0.15) is 11.3 Å². The van der Waals surface area contributed by atoms with Crippen molar-refractivity contribution in [2.45, 2.75) is 13.0 Å². The first-order chi connectivity index (χ1) is 8.75. The van der Waals surface area contributed by atoms with Crippen LogP contribution in [-0.4, -0.2) is 10.9 Å². The van der Waals surface area contributed by atoms with Gasteiger partial charge in [-0.15, -0.1) is 0 Å². The molecule has 1 N–H and O–H groups in total. The average molecular weight is 244 g/mol. The summed E-state index contributed by atoms with van der Waals surface area (Å²) in [6, 6.07) is 11.8. The predicted molar refractivity (Wildman–Crippen MR) is 66.2 cm³/mol. The fourth-order valence-electron chi connectivity index (χ4n) is 1.57. The minimum atomic E-state index is -0.310. The van der Waals surface area contributed by atoms with Crippen LogP contribution in [0.2, 0.25) is 0 Å². The Kier molecular flexibility index (Phi) is 4.02. The normalized spacial score (nSPS) is 10.1. The highest BCUT2D eigenvalue weighted by atomic mass is 19.1. The number of hydrogen-bond acceptors (Lipinski definition) is 2. The lowest BCUT2D eigenvalue weighted by Gasteiger charge is -2.05. The molecule has 0 aliphatic carbocycles. The van der Waals surface area contributed by atoms with Gasteiger partial charge in [-0.05, 0) is 18.2 Å². The van der Waals surface area contributed by atoms with Crippen molar-refractivity contribution in [1.82, 2.24) is 10.3 Å². The molecule has 0 atom stereocenters. The average Bonchev–Trinajstić information content (AvgIpc) is 2.39. The van der Waals surface area contributed by atoms with Crippen molar-refractivity contribution < 1.29 is 9.18 Å². The van der Waals surface area contributed by atoms with Gasteiger partial charge in [-0.2, -0.15) is 0 Å². The van der Waals surface area contributed by atoms with E-state index >= 15 is 0 Å². The monoisotopic (exact) mass is 244 g/mol. The van der Waals surface area contributed by atoms with E-state index in [1.54, 1.807) is 36.5 Å². The summed E-state index contributed by atoms with van der Waals surface area (Å²) in [5.41, 5.74) is 1.18. The lowest BCUT2D eigenvalue weighted by atomic mass is 10.2. The molecule has 1 heterocycles. The van der Waals surface area contributed by atoms with Crippen LogP contribution in [0.5, 0.6) is 0 Å². The Morgan fingerprint density at radius 1 is 1.17 bits per heavy atom. The van der Waals surface area contributed by atoms with E-state index in [2.05, 4.69) is 10.3 Å². The maximum absolute atomic E-state index is 13.3. The van der Waals surface area contributed by atoms with Gasteiger partial charge in [-0.3, -0.25) is 9.78 Å². The molecule has 92 valence electrons. The number of amides is 1. The summed E-state index contributed by atoms with van der Waals surface area (Å²) in [7, 11) is 0. The molecule has 0 spiro atoms. The molecule has 0 fully saturated rings. The van der Waals surface area contributed by atoms with Gasteiger partial charge in [0.1, 0.15) is 5.82 Å². The first kappa shape index (κ1) is 12.2. The van der Waals surface area contributed by atoms with E-state index in [4.69, 9.17) is 0 Å². The van der Waals surface area contributed by atoms with Crippen molar-refractivity contribution in [3.05, 3.63) is 65.7 Å². The molecule has 0 radical (unpaired) electrons. The van der Waals surface area contributed by atoms with Crippen LogP contribution in [0, 0.1) is 5.82 Å². The lowest BCUT2D eigenvalue weighted by Crippen LogP contribution is -2.25. The van der Waals surface area contributed by atoms with Crippen LogP contribution in [0.25, 0.3) is 0 Å². The Bertz CT molecular complexity index is 528. The fraction of sp³-hybridized carbons (Fsp3) is 0.143. The van der Waals surface area contributed by atoms with Gasteiger partial charge in [0.05, 0.1) is 6.42 Å². The van der Waals surface area contributed by atoms with Crippen LogP contribution in [0.15, 0.2) is 48.7 Å². The van der Waals surface area contributed by atoms with E-state index in [-0.39, 0.29) is 24.7 Å². The Morgan fingerprint density at radius 3 is 2.67 bits per heavy atom. The van der Waals surface area contributed by atoms with Gasteiger partial charge in [0.25, 0.3) is 0 Å². The van der Waals surface area contributed by atoms with E-state index in [1.807, 2.05) is 6.07 Å². The first-order valence-electron chi connectivity index (χ1n) is 5.66. The quantitative estimate of drug-likeness (QED) is 0.894. The molecule has 0 saturated carbocycles. The second-order valence-corrected chi connectivity index (χ2v) is 3.87. The summed E-state index contributed by atoms with van der Waals surface area (Å²) in [4.78, 5) is 15.7. The summed E-state index contributed by atoms with van der Waals surface area (Å²) in [6.45, 7) is 0.193. The van der Waals surface area contributed by atoms with Gasteiger partial charge in [-0.25, -0.2) is 4.39 Å². The summed E-state index contributed by atoms with van der Waals surface area (Å²) >= 11 is 0. The standard InChI is InChI=1S/C14H13FN2O/c15-13-7-2-1-5-11(13)10-17-14(18)9-12-6-3-4-8-16-12/h1-8H,9-10H2,(H,17,18). The number of pyridine rings is 1. The molecule has 0 aliphatic rings. The Balaban J connectivity index is 1.88. The van der Waals surface area contributed by atoms with Gasteiger partial charge in [0, 0.05) is 24.0 Å². The number of nitrogens with zero attached hydrogens (tertiary/aromatic N) is 1. The molecule has 1 amide bonds. The maximum atomic E-state index is 13.3. The van der Waals surface area contributed by atoms with Gasteiger partial charge in [0.15, 0.2) is 0 Å². The number of nitrogens with one attached hydrogen (secondary N) is 1. The number of carbonyl (C=O) groups is 1. The second-order valence-electron chi connectivity index (χ2n) is 3.87. The molecule has 0 saturated heterocycles. The molecule has 18 heavy (non-hydrogen) atoms. The van der Waals surface area contributed by atoms with Crippen LogP contribution >= 0.6 is 0 Å². The molecule has 2 rings (SSSR count). The number of halogens is 1. The van der Waals surface area contributed by atoms with Crippen molar-refractivity contribution in [2.75, 3.05) is 0 Å². The smallest absolute Gasteiger partial charge is 0.226 e. The van der Waals surface area contributed by atoms with Crippen LogP contribution in [0.4, 0.5) is 4.39 Å². The summed E-state index contributed by atoms with van der Waals surface area (Å²) < 4.78 is 13.3. The van der Waals surface area contributed by atoms with Gasteiger partial charge < -0.3 is 5.32 Å². The third kappa shape index (κ3) is 3.38. The topological polar surface area (TPSA) is 42.0 Å². The molecule has 0 aliphatic heterocycles. The Labute approximate surface area is 105 Å². The van der Waals surface area contributed by atoms with Crippen molar-refractivity contribution in [2.24, 2.45) is 0 Å². The molecule has 4 heteroatoms. The number of carbonyl (C=O) groups excluding carboxylic acids is 1. The summed E-state index contributed by atoms with van der Waals surface area (Å²) in [6.07, 6.45) is 1.84. The predicted octanol–water partition coefficient (Wildman–Crippen LogP) is 2.08. The van der Waals surface area contributed by atoms with Crippen molar-refractivity contribution in [3.63, 3.8) is 0 Å². The molecular formula is C14H13FN2O. The van der Waals surface area contributed by atoms with Crippen molar-refractivity contribution in [3.8, 4) is 0 Å². The third-order valence-corrected chi connectivity index (χ3v) is 2.50. The summed E-state index contributed by atoms with van der Waals surface area (Å²) in [5.74, 6) is -0.479. The molecule has 0 bridgehead atoms. The van der Waals surface area contributed by atoms with E-state index in [1.165, 1.54) is 6.07 Å². The summed E-state index contributed by atoms with van der Waals surface area (Å²) in [5, 5.41) is 2.67. The SMILES string of the molecule is O=C(Cc1ccccn1)NCc1ccccc1F. The molecular weight excluding hydrogens is 231 g/mol. The maximum Gasteiger partial charge on any atom is 0.226 e. The lowest BCUT2D eigenvalue weighted by molar-refractivity contribution is -0.120. The van der Waals surface area contributed by atoms with E-state index in [0.717, 1.165) is 0 Å².